The van der Waals surface area contributed by atoms with Crippen LogP contribution >= 0.6 is 22.7 Å². The molecule has 3 heterocycles. The maximum absolute atomic E-state index is 12.9. The summed E-state index contributed by atoms with van der Waals surface area (Å²) >= 11 is 3.32. The lowest BCUT2D eigenvalue weighted by molar-refractivity contribution is 0.0747. The molecule has 0 saturated carbocycles. The molecule has 5 nitrogen and oxygen atoms in total. The smallest absolute Gasteiger partial charge is 0.254 e. The zero-order valence-corrected chi connectivity index (χ0v) is 17.4. The van der Waals surface area contributed by atoms with E-state index in [9.17, 15) is 4.79 Å². The van der Waals surface area contributed by atoms with Crippen LogP contribution in [-0.2, 0) is 0 Å². The first-order valence-electron chi connectivity index (χ1n) is 9.34. The van der Waals surface area contributed by atoms with E-state index in [0.717, 1.165) is 39.5 Å². The SMILES string of the molecule is Cc1cc(C)c2sc(N3CCN(C(=O)c4ccc5ncsc5c4)CC3)nc2c1. The van der Waals surface area contributed by atoms with Gasteiger partial charge >= 0.3 is 0 Å². The number of rotatable bonds is 2. The van der Waals surface area contributed by atoms with Gasteiger partial charge in [0.2, 0.25) is 0 Å². The molecular formula is C21H20N4OS2. The molecule has 1 aliphatic rings. The molecule has 1 aliphatic heterocycles. The predicted molar refractivity (Wildman–Crippen MR) is 117 cm³/mol. The molecule has 0 spiro atoms. The molecule has 4 aromatic rings. The summed E-state index contributed by atoms with van der Waals surface area (Å²) in [5, 5.41) is 1.06. The Bertz CT molecular complexity index is 1190. The van der Waals surface area contributed by atoms with Crippen LogP contribution in [0.3, 0.4) is 0 Å². The number of aromatic nitrogens is 2. The fourth-order valence-corrected chi connectivity index (χ4v) is 5.56. The molecule has 1 saturated heterocycles. The maximum atomic E-state index is 12.9. The van der Waals surface area contributed by atoms with Crippen molar-refractivity contribution in [3.8, 4) is 0 Å². The van der Waals surface area contributed by atoms with E-state index in [4.69, 9.17) is 4.98 Å². The van der Waals surface area contributed by atoms with E-state index in [1.165, 1.54) is 15.8 Å². The Balaban J connectivity index is 1.32. The number of hydrogen-bond donors (Lipinski definition) is 0. The fourth-order valence-electron chi connectivity index (χ4n) is 3.77. The van der Waals surface area contributed by atoms with Crippen molar-refractivity contribution in [1.29, 1.82) is 0 Å². The molecule has 2 aromatic carbocycles. The molecule has 1 fully saturated rings. The Kier molecular flexibility index (Phi) is 4.29. The number of anilines is 1. The van der Waals surface area contributed by atoms with Gasteiger partial charge in [-0.1, -0.05) is 17.4 Å². The van der Waals surface area contributed by atoms with E-state index in [0.29, 0.717) is 13.1 Å². The number of nitrogens with zero attached hydrogens (tertiary/aromatic N) is 4. The summed E-state index contributed by atoms with van der Waals surface area (Å²) < 4.78 is 2.32. The first-order chi connectivity index (χ1) is 13.6. The second-order valence-electron chi connectivity index (χ2n) is 7.24. The largest absolute Gasteiger partial charge is 0.345 e. The first-order valence-corrected chi connectivity index (χ1v) is 11.0. The van der Waals surface area contributed by atoms with E-state index in [-0.39, 0.29) is 5.91 Å². The summed E-state index contributed by atoms with van der Waals surface area (Å²) in [7, 11) is 0. The second-order valence-corrected chi connectivity index (χ2v) is 9.10. The van der Waals surface area contributed by atoms with E-state index >= 15 is 0 Å². The number of carbonyl (C=O) groups excluding carboxylic acids is 1. The van der Waals surface area contributed by atoms with E-state index in [1.807, 2.05) is 28.6 Å². The van der Waals surface area contributed by atoms with Gasteiger partial charge in [-0.05, 0) is 49.2 Å². The lowest BCUT2D eigenvalue weighted by Gasteiger charge is -2.34. The average Bonchev–Trinajstić information content (AvgIpc) is 3.33. The molecule has 0 unspecified atom stereocenters. The molecule has 142 valence electrons. The molecule has 0 radical (unpaired) electrons. The minimum Gasteiger partial charge on any atom is -0.345 e. The molecule has 7 heteroatoms. The first kappa shape index (κ1) is 17.6. The standard InChI is InChI=1S/C21H20N4OS2/c1-13-9-14(2)19-17(10-13)23-21(28-19)25-7-5-24(6-8-25)20(26)15-3-4-16-18(11-15)27-12-22-16/h3-4,9-12H,5-8H2,1-2H3. The lowest BCUT2D eigenvalue weighted by Crippen LogP contribution is -2.48. The van der Waals surface area contributed by atoms with E-state index in [2.05, 4.69) is 35.9 Å². The molecule has 1 amide bonds. The molecule has 0 atom stereocenters. The van der Waals surface area contributed by atoms with Crippen molar-refractivity contribution in [3.63, 3.8) is 0 Å². The summed E-state index contributed by atoms with van der Waals surface area (Å²) in [5.41, 5.74) is 7.12. The molecule has 0 bridgehead atoms. The second kappa shape index (κ2) is 6.83. The van der Waals surface area contributed by atoms with Crippen molar-refractivity contribution >= 4 is 54.1 Å². The highest BCUT2D eigenvalue weighted by Gasteiger charge is 2.24. The van der Waals surface area contributed by atoms with Crippen LogP contribution in [0.2, 0.25) is 0 Å². The van der Waals surface area contributed by atoms with Gasteiger partial charge in [-0.3, -0.25) is 4.79 Å². The Morgan fingerprint density at radius 2 is 1.86 bits per heavy atom. The average molecular weight is 409 g/mol. The Hall–Kier alpha value is -2.51. The van der Waals surface area contributed by atoms with Crippen LogP contribution in [0.1, 0.15) is 21.5 Å². The zero-order valence-electron chi connectivity index (χ0n) is 15.8. The Labute approximate surface area is 171 Å². The van der Waals surface area contributed by atoms with Gasteiger partial charge in [0.25, 0.3) is 5.91 Å². The highest BCUT2D eigenvalue weighted by atomic mass is 32.1. The number of benzene rings is 2. The van der Waals surface area contributed by atoms with Gasteiger partial charge in [0.15, 0.2) is 5.13 Å². The normalized spacial score (nSPS) is 14.9. The number of amides is 1. The van der Waals surface area contributed by atoms with Gasteiger partial charge in [-0.15, -0.1) is 11.3 Å². The van der Waals surface area contributed by atoms with Crippen molar-refractivity contribution in [3.05, 3.63) is 52.5 Å². The summed E-state index contributed by atoms with van der Waals surface area (Å²) in [4.78, 5) is 26.3. The molecule has 5 rings (SSSR count). The monoisotopic (exact) mass is 408 g/mol. The Morgan fingerprint density at radius 3 is 2.68 bits per heavy atom. The van der Waals surface area contributed by atoms with Crippen LogP contribution in [0.5, 0.6) is 0 Å². The van der Waals surface area contributed by atoms with Crippen molar-refractivity contribution in [1.82, 2.24) is 14.9 Å². The van der Waals surface area contributed by atoms with Crippen LogP contribution in [0.15, 0.2) is 35.8 Å². The highest BCUT2D eigenvalue weighted by Crippen LogP contribution is 2.32. The predicted octanol–water partition coefficient (Wildman–Crippen LogP) is 4.49. The fraction of sp³-hybridized carbons (Fsp3) is 0.286. The minimum atomic E-state index is 0.103. The van der Waals surface area contributed by atoms with E-state index < -0.39 is 0 Å². The summed E-state index contributed by atoms with van der Waals surface area (Å²) in [6.07, 6.45) is 0. The van der Waals surface area contributed by atoms with E-state index in [1.54, 1.807) is 22.7 Å². The summed E-state index contributed by atoms with van der Waals surface area (Å²) in [6, 6.07) is 10.1. The van der Waals surface area contributed by atoms with Gasteiger partial charge in [0, 0.05) is 31.7 Å². The highest BCUT2D eigenvalue weighted by molar-refractivity contribution is 7.22. The maximum Gasteiger partial charge on any atom is 0.254 e. The van der Waals surface area contributed by atoms with Crippen LogP contribution in [0.4, 0.5) is 5.13 Å². The van der Waals surface area contributed by atoms with Crippen LogP contribution < -0.4 is 4.90 Å². The van der Waals surface area contributed by atoms with Gasteiger partial charge in [0.1, 0.15) is 0 Å². The summed E-state index contributed by atoms with van der Waals surface area (Å²) in [5.74, 6) is 0.103. The third-order valence-electron chi connectivity index (χ3n) is 5.22. The van der Waals surface area contributed by atoms with Gasteiger partial charge in [-0.25, -0.2) is 9.97 Å². The van der Waals surface area contributed by atoms with Crippen LogP contribution in [0, 0.1) is 13.8 Å². The van der Waals surface area contributed by atoms with Crippen molar-refractivity contribution in [2.45, 2.75) is 13.8 Å². The lowest BCUT2D eigenvalue weighted by atomic mass is 10.1. The van der Waals surface area contributed by atoms with Gasteiger partial charge < -0.3 is 9.80 Å². The third-order valence-corrected chi connectivity index (χ3v) is 7.28. The minimum absolute atomic E-state index is 0.103. The summed E-state index contributed by atoms with van der Waals surface area (Å²) in [6.45, 7) is 7.31. The van der Waals surface area contributed by atoms with Gasteiger partial charge in [-0.2, -0.15) is 0 Å². The molecule has 0 aliphatic carbocycles. The number of piperazine rings is 1. The number of hydrogen-bond acceptors (Lipinski definition) is 6. The molecular weight excluding hydrogens is 388 g/mol. The van der Waals surface area contributed by atoms with Gasteiger partial charge in [0.05, 0.1) is 25.9 Å². The van der Waals surface area contributed by atoms with Crippen LogP contribution in [0.25, 0.3) is 20.4 Å². The molecule has 28 heavy (non-hydrogen) atoms. The quantitative estimate of drug-likeness (QED) is 0.490. The molecule has 2 aromatic heterocycles. The number of fused-ring (bicyclic) bond motifs is 2. The molecule has 0 N–H and O–H groups in total. The number of thiazole rings is 2. The van der Waals surface area contributed by atoms with Crippen molar-refractivity contribution in [2.24, 2.45) is 0 Å². The number of carbonyl (C=O) groups is 1. The van der Waals surface area contributed by atoms with Crippen LogP contribution in [-0.4, -0.2) is 47.0 Å². The van der Waals surface area contributed by atoms with Crippen molar-refractivity contribution < 1.29 is 4.79 Å². The topological polar surface area (TPSA) is 49.3 Å². The number of aryl methyl sites for hydroxylation is 2. The van der Waals surface area contributed by atoms with Crippen molar-refractivity contribution in [2.75, 3.05) is 31.1 Å². The third kappa shape index (κ3) is 3.04. The Morgan fingerprint density at radius 1 is 1.04 bits per heavy atom. The zero-order chi connectivity index (χ0) is 19.3.